The second kappa shape index (κ2) is 3.14. The predicted molar refractivity (Wildman–Crippen MR) is 48.2 cm³/mol. The van der Waals surface area contributed by atoms with E-state index in [2.05, 4.69) is 11.9 Å². The maximum atomic E-state index is 9.04. The molecule has 1 aliphatic rings. The first-order chi connectivity index (χ1) is 6.32. The molecule has 0 amide bonds. The normalized spacial score (nSPS) is 18.9. The standard InChI is InChI=1S/C10H15NO2/c1-2-3-10(4-5-10)9-8(6-12)11-7-13-9/h7,12H,2-6H2,1H3. The summed E-state index contributed by atoms with van der Waals surface area (Å²) in [6.45, 7) is 2.17. The Morgan fingerprint density at radius 1 is 1.62 bits per heavy atom. The molecule has 1 aliphatic carbocycles. The van der Waals surface area contributed by atoms with Crippen LogP contribution in [0.1, 0.15) is 44.1 Å². The van der Waals surface area contributed by atoms with Crippen LogP contribution in [0.5, 0.6) is 0 Å². The van der Waals surface area contributed by atoms with Crippen LogP contribution in [0.15, 0.2) is 10.8 Å². The first kappa shape index (κ1) is 8.75. The summed E-state index contributed by atoms with van der Waals surface area (Å²) < 4.78 is 5.36. The summed E-state index contributed by atoms with van der Waals surface area (Å²) in [7, 11) is 0. The number of hydrogen-bond donors (Lipinski definition) is 1. The van der Waals surface area contributed by atoms with Crippen molar-refractivity contribution in [2.24, 2.45) is 0 Å². The molecule has 1 saturated carbocycles. The molecule has 1 fully saturated rings. The van der Waals surface area contributed by atoms with E-state index in [1.807, 2.05) is 0 Å². The number of nitrogens with zero attached hydrogens (tertiary/aromatic N) is 1. The molecule has 0 aromatic carbocycles. The van der Waals surface area contributed by atoms with Crippen LogP contribution in [0.25, 0.3) is 0 Å². The zero-order valence-corrected chi connectivity index (χ0v) is 7.92. The molecule has 1 aromatic heterocycles. The van der Waals surface area contributed by atoms with Gasteiger partial charge < -0.3 is 9.52 Å². The first-order valence-corrected chi connectivity index (χ1v) is 4.86. The van der Waals surface area contributed by atoms with Crippen molar-refractivity contribution in [3.63, 3.8) is 0 Å². The van der Waals surface area contributed by atoms with Crippen LogP contribution >= 0.6 is 0 Å². The van der Waals surface area contributed by atoms with Gasteiger partial charge in [-0.3, -0.25) is 0 Å². The van der Waals surface area contributed by atoms with E-state index in [1.54, 1.807) is 0 Å². The third-order valence-electron chi connectivity index (χ3n) is 2.85. The van der Waals surface area contributed by atoms with Crippen molar-refractivity contribution < 1.29 is 9.52 Å². The molecule has 0 spiro atoms. The highest BCUT2D eigenvalue weighted by molar-refractivity contribution is 5.25. The minimum absolute atomic E-state index is 0.00268. The summed E-state index contributed by atoms with van der Waals surface area (Å²) >= 11 is 0. The van der Waals surface area contributed by atoms with Gasteiger partial charge in [-0.25, -0.2) is 4.98 Å². The van der Waals surface area contributed by atoms with Crippen LogP contribution in [0.3, 0.4) is 0 Å². The predicted octanol–water partition coefficient (Wildman–Crippen LogP) is 2.00. The molecule has 13 heavy (non-hydrogen) atoms. The lowest BCUT2D eigenvalue weighted by molar-refractivity contribution is 0.271. The molecule has 1 heterocycles. The third-order valence-corrected chi connectivity index (χ3v) is 2.85. The van der Waals surface area contributed by atoms with Crippen molar-refractivity contribution in [3.8, 4) is 0 Å². The quantitative estimate of drug-likeness (QED) is 0.772. The molecule has 0 saturated heterocycles. The Bertz CT molecular complexity index is 289. The zero-order valence-electron chi connectivity index (χ0n) is 7.92. The van der Waals surface area contributed by atoms with E-state index >= 15 is 0 Å². The van der Waals surface area contributed by atoms with E-state index < -0.39 is 0 Å². The highest BCUT2D eigenvalue weighted by atomic mass is 16.3. The molecule has 0 aliphatic heterocycles. The molecule has 1 aromatic rings. The summed E-state index contributed by atoms with van der Waals surface area (Å²) in [5.41, 5.74) is 0.953. The average Bonchev–Trinajstić information content (AvgIpc) is 2.77. The van der Waals surface area contributed by atoms with Gasteiger partial charge in [0.05, 0.1) is 6.61 Å². The molecule has 0 unspecified atom stereocenters. The van der Waals surface area contributed by atoms with Gasteiger partial charge in [-0.05, 0) is 19.3 Å². The van der Waals surface area contributed by atoms with Crippen molar-refractivity contribution >= 4 is 0 Å². The zero-order chi connectivity index (χ0) is 9.31. The van der Waals surface area contributed by atoms with E-state index in [9.17, 15) is 0 Å². The average molecular weight is 181 g/mol. The number of rotatable bonds is 4. The van der Waals surface area contributed by atoms with Gasteiger partial charge in [0, 0.05) is 5.41 Å². The summed E-state index contributed by atoms with van der Waals surface area (Å²) in [5, 5.41) is 9.04. The van der Waals surface area contributed by atoms with E-state index in [0.717, 1.165) is 24.3 Å². The SMILES string of the molecule is CCCC1(c2ocnc2CO)CC1. The van der Waals surface area contributed by atoms with Crippen molar-refractivity contribution in [1.82, 2.24) is 4.98 Å². The van der Waals surface area contributed by atoms with Gasteiger partial charge >= 0.3 is 0 Å². The summed E-state index contributed by atoms with van der Waals surface area (Å²) in [4.78, 5) is 4.01. The van der Waals surface area contributed by atoms with E-state index in [4.69, 9.17) is 9.52 Å². The number of aromatic nitrogens is 1. The second-order valence-electron chi connectivity index (χ2n) is 3.82. The summed E-state index contributed by atoms with van der Waals surface area (Å²) in [6, 6.07) is 0. The molecular formula is C10H15NO2. The topological polar surface area (TPSA) is 46.3 Å². The van der Waals surface area contributed by atoms with Crippen molar-refractivity contribution in [1.29, 1.82) is 0 Å². The lowest BCUT2D eigenvalue weighted by Crippen LogP contribution is -2.07. The molecule has 2 rings (SSSR count). The second-order valence-corrected chi connectivity index (χ2v) is 3.82. The van der Waals surface area contributed by atoms with Crippen LogP contribution in [-0.4, -0.2) is 10.1 Å². The molecule has 72 valence electrons. The maximum absolute atomic E-state index is 9.04. The van der Waals surface area contributed by atoms with Crippen molar-refractivity contribution in [2.75, 3.05) is 0 Å². The monoisotopic (exact) mass is 181 g/mol. The highest BCUT2D eigenvalue weighted by Gasteiger charge is 2.47. The van der Waals surface area contributed by atoms with Gasteiger partial charge in [-0.2, -0.15) is 0 Å². The fraction of sp³-hybridized carbons (Fsp3) is 0.700. The number of aliphatic hydroxyl groups excluding tert-OH is 1. The fourth-order valence-corrected chi connectivity index (χ4v) is 2.03. The van der Waals surface area contributed by atoms with Crippen molar-refractivity contribution in [3.05, 3.63) is 17.8 Å². The Kier molecular flexibility index (Phi) is 2.12. The Balaban J connectivity index is 2.24. The van der Waals surface area contributed by atoms with Crippen LogP contribution in [-0.2, 0) is 12.0 Å². The molecule has 0 bridgehead atoms. The smallest absolute Gasteiger partial charge is 0.181 e. The van der Waals surface area contributed by atoms with Crippen molar-refractivity contribution in [2.45, 2.75) is 44.6 Å². The Morgan fingerprint density at radius 3 is 2.92 bits per heavy atom. The van der Waals surface area contributed by atoms with Crippen LogP contribution < -0.4 is 0 Å². The van der Waals surface area contributed by atoms with Gasteiger partial charge in [0.25, 0.3) is 0 Å². The van der Waals surface area contributed by atoms with Gasteiger partial charge in [0.1, 0.15) is 11.5 Å². The molecule has 0 atom stereocenters. The Labute approximate surface area is 77.8 Å². The number of hydrogen-bond acceptors (Lipinski definition) is 3. The highest BCUT2D eigenvalue weighted by Crippen LogP contribution is 2.52. The van der Waals surface area contributed by atoms with E-state index in [-0.39, 0.29) is 12.0 Å². The minimum atomic E-state index is -0.00268. The third kappa shape index (κ3) is 1.37. The molecule has 0 radical (unpaired) electrons. The van der Waals surface area contributed by atoms with Gasteiger partial charge in [0.2, 0.25) is 0 Å². The summed E-state index contributed by atoms with van der Waals surface area (Å²) in [5.74, 6) is 0.928. The van der Waals surface area contributed by atoms with Gasteiger partial charge in [0.15, 0.2) is 6.39 Å². The van der Waals surface area contributed by atoms with Gasteiger partial charge in [-0.15, -0.1) is 0 Å². The number of aliphatic hydroxyl groups is 1. The largest absolute Gasteiger partial charge is 0.448 e. The Hall–Kier alpha value is -0.830. The van der Waals surface area contributed by atoms with Crippen LogP contribution in [0.4, 0.5) is 0 Å². The van der Waals surface area contributed by atoms with E-state index in [1.165, 1.54) is 19.2 Å². The molecule has 3 heteroatoms. The van der Waals surface area contributed by atoms with E-state index in [0.29, 0.717) is 0 Å². The molecular weight excluding hydrogens is 166 g/mol. The van der Waals surface area contributed by atoms with Crippen LogP contribution in [0, 0.1) is 0 Å². The molecule has 3 nitrogen and oxygen atoms in total. The lowest BCUT2D eigenvalue weighted by Gasteiger charge is -2.10. The fourth-order valence-electron chi connectivity index (χ4n) is 2.03. The van der Waals surface area contributed by atoms with Crippen LogP contribution in [0.2, 0.25) is 0 Å². The number of oxazole rings is 1. The summed E-state index contributed by atoms with van der Waals surface area (Å²) in [6.07, 6.45) is 6.11. The molecule has 1 N–H and O–H groups in total. The minimum Gasteiger partial charge on any atom is -0.448 e. The lowest BCUT2D eigenvalue weighted by atomic mass is 9.96. The maximum Gasteiger partial charge on any atom is 0.181 e. The Morgan fingerprint density at radius 2 is 2.38 bits per heavy atom. The first-order valence-electron chi connectivity index (χ1n) is 4.86. The van der Waals surface area contributed by atoms with Gasteiger partial charge in [-0.1, -0.05) is 13.3 Å².